The highest BCUT2D eigenvalue weighted by atomic mass is 35.5. The molecule has 0 bridgehead atoms. The van der Waals surface area contributed by atoms with Crippen LogP contribution in [-0.4, -0.2) is 11.3 Å². The van der Waals surface area contributed by atoms with Gasteiger partial charge in [-0.15, -0.1) is 0 Å². The van der Waals surface area contributed by atoms with Crippen LogP contribution < -0.4 is 5.63 Å². The van der Waals surface area contributed by atoms with Gasteiger partial charge in [-0.3, -0.25) is 4.99 Å². The summed E-state index contributed by atoms with van der Waals surface area (Å²) in [4.78, 5) is 16.9. The Kier molecular flexibility index (Phi) is 6.20. The molecule has 0 saturated heterocycles. The molecule has 5 rings (SSSR count). The molecular weight excluding hydrogens is 462 g/mol. The normalized spacial score (nSPS) is 11.6. The first kappa shape index (κ1) is 22.3. The molecule has 7 heteroatoms. The Labute approximate surface area is 205 Å². The molecule has 1 heterocycles. The Morgan fingerprint density at radius 2 is 1.51 bits per heavy atom. The maximum atomic E-state index is 12.4. The van der Waals surface area contributed by atoms with Crippen LogP contribution in [0, 0.1) is 0 Å². The molecule has 1 N–H and O–H groups in total. The maximum absolute atomic E-state index is 12.4. The van der Waals surface area contributed by atoms with E-state index in [2.05, 4.69) is 15.2 Å². The van der Waals surface area contributed by atoms with Gasteiger partial charge in [-0.25, -0.2) is 4.79 Å². The molecule has 35 heavy (non-hydrogen) atoms. The van der Waals surface area contributed by atoms with Crippen molar-refractivity contribution >= 4 is 45.8 Å². The molecule has 0 radical (unpaired) electrons. The minimum Gasteiger partial charge on any atom is -0.507 e. The summed E-state index contributed by atoms with van der Waals surface area (Å²) in [6.07, 6.45) is 1.55. The lowest BCUT2D eigenvalue weighted by atomic mass is 10.1. The fourth-order valence-electron chi connectivity index (χ4n) is 3.50. The molecule has 0 aliphatic heterocycles. The predicted molar refractivity (Wildman–Crippen MR) is 139 cm³/mol. The summed E-state index contributed by atoms with van der Waals surface area (Å²) in [5, 5.41) is 20.0. The van der Waals surface area contributed by atoms with E-state index in [1.54, 1.807) is 60.8 Å². The SMILES string of the molecule is O=c1oc2ccccc2cc1-c1ccc(N=Cc2cc(N=Nc3cccc(Cl)c3)ccc2O)cc1. The summed E-state index contributed by atoms with van der Waals surface area (Å²) in [5.74, 6) is 0.0702. The number of para-hydroxylation sites is 1. The van der Waals surface area contributed by atoms with E-state index in [-0.39, 0.29) is 5.75 Å². The van der Waals surface area contributed by atoms with Gasteiger partial charge < -0.3 is 9.52 Å². The number of halogens is 1. The van der Waals surface area contributed by atoms with E-state index in [4.69, 9.17) is 16.0 Å². The van der Waals surface area contributed by atoms with Crippen LogP contribution >= 0.6 is 11.6 Å². The zero-order chi connectivity index (χ0) is 24.2. The van der Waals surface area contributed by atoms with Gasteiger partial charge in [0.1, 0.15) is 11.3 Å². The number of fused-ring (bicyclic) bond motifs is 1. The first-order valence-corrected chi connectivity index (χ1v) is 11.1. The van der Waals surface area contributed by atoms with Crippen molar-refractivity contribution in [2.75, 3.05) is 0 Å². The van der Waals surface area contributed by atoms with Crippen molar-refractivity contribution in [3.63, 3.8) is 0 Å². The predicted octanol–water partition coefficient (Wildman–Crippen LogP) is 7.99. The van der Waals surface area contributed by atoms with E-state index in [9.17, 15) is 9.90 Å². The largest absolute Gasteiger partial charge is 0.507 e. The van der Waals surface area contributed by atoms with Gasteiger partial charge >= 0.3 is 5.63 Å². The van der Waals surface area contributed by atoms with Crippen molar-refractivity contribution in [1.29, 1.82) is 0 Å². The van der Waals surface area contributed by atoms with Crippen molar-refractivity contribution in [3.05, 3.63) is 118 Å². The van der Waals surface area contributed by atoms with Crippen LogP contribution in [0.5, 0.6) is 5.75 Å². The molecule has 0 aliphatic carbocycles. The van der Waals surface area contributed by atoms with Gasteiger partial charge in [-0.1, -0.05) is 48.0 Å². The van der Waals surface area contributed by atoms with E-state index < -0.39 is 5.63 Å². The monoisotopic (exact) mass is 479 g/mol. The number of rotatable bonds is 5. The van der Waals surface area contributed by atoms with Gasteiger partial charge in [0.15, 0.2) is 0 Å². The molecule has 0 saturated carbocycles. The molecule has 1 aromatic heterocycles. The molecule has 0 unspecified atom stereocenters. The minimum absolute atomic E-state index is 0.0702. The first-order valence-electron chi connectivity index (χ1n) is 10.7. The molecule has 170 valence electrons. The first-order chi connectivity index (χ1) is 17.0. The molecule has 0 spiro atoms. The highest BCUT2D eigenvalue weighted by Gasteiger charge is 2.08. The van der Waals surface area contributed by atoms with Crippen molar-refractivity contribution in [1.82, 2.24) is 0 Å². The van der Waals surface area contributed by atoms with Gasteiger partial charge in [0.2, 0.25) is 0 Å². The fraction of sp³-hybridized carbons (Fsp3) is 0. The molecular formula is C28H18ClN3O3. The summed E-state index contributed by atoms with van der Waals surface area (Å²) in [6, 6.07) is 28.3. The number of phenolic OH excluding ortho intramolecular Hbond substituents is 1. The number of aromatic hydroxyl groups is 1. The van der Waals surface area contributed by atoms with Crippen LogP contribution in [-0.2, 0) is 0 Å². The summed E-state index contributed by atoms with van der Waals surface area (Å²) in [5.41, 5.74) is 3.70. The summed E-state index contributed by atoms with van der Waals surface area (Å²) in [7, 11) is 0. The number of phenols is 1. The number of hydrogen-bond donors (Lipinski definition) is 1. The van der Waals surface area contributed by atoms with Crippen molar-refractivity contribution < 1.29 is 9.52 Å². The molecule has 6 nitrogen and oxygen atoms in total. The fourth-order valence-corrected chi connectivity index (χ4v) is 3.68. The molecule has 0 amide bonds. The number of aliphatic imine (C=N–C) groups is 1. The Balaban J connectivity index is 1.36. The lowest BCUT2D eigenvalue weighted by Gasteiger charge is -2.03. The standard InChI is InChI=1S/C28H18ClN3O3/c29-21-5-3-6-23(16-21)31-32-24-12-13-26(33)20(14-24)17-30-22-10-8-18(9-11-22)25-15-19-4-1-2-7-27(19)35-28(25)34/h1-17,33H. The summed E-state index contributed by atoms with van der Waals surface area (Å²) < 4.78 is 5.42. The van der Waals surface area contributed by atoms with E-state index in [1.807, 2.05) is 36.4 Å². The third-order valence-electron chi connectivity index (χ3n) is 5.27. The lowest BCUT2D eigenvalue weighted by Crippen LogP contribution is -2.02. The highest BCUT2D eigenvalue weighted by Crippen LogP contribution is 2.27. The van der Waals surface area contributed by atoms with E-state index in [0.717, 1.165) is 10.9 Å². The van der Waals surface area contributed by atoms with Crippen LogP contribution in [0.1, 0.15) is 5.56 Å². The lowest BCUT2D eigenvalue weighted by molar-refractivity contribution is 0.474. The molecule has 5 aromatic rings. The maximum Gasteiger partial charge on any atom is 0.344 e. The quantitative estimate of drug-likeness (QED) is 0.157. The van der Waals surface area contributed by atoms with Crippen LogP contribution in [0.25, 0.3) is 22.1 Å². The molecule has 0 aliphatic rings. The third kappa shape index (κ3) is 5.18. The van der Waals surface area contributed by atoms with Crippen molar-refractivity contribution in [2.45, 2.75) is 0 Å². The second-order valence-corrected chi connectivity index (χ2v) is 8.15. The Bertz CT molecular complexity index is 1640. The van der Waals surface area contributed by atoms with Gasteiger partial charge in [0, 0.05) is 22.2 Å². The second-order valence-electron chi connectivity index (χ2n) is 7.71. The molecule has 0 fully saturated rings. The van der Waals surface area contributed by atoms with Crippen molar-refractivity contribution in [2.24, 2.45) is 15.2 Å². The number of nitrogens with zero attached hydrogens (tertiary/aromatic N) is 3. The number of azo groups is 1. The minimum atomic E-state index is -0.395. The van der Waals surface area contributed by atoms with Gasteiger partial charge in [-0.2, -0.15) is 10.2 Å². The van der Waals surface area contributed by atoms with Gasteiger partial charge in [0.05, 0.1) is 22.6 Å². The zero-order valence-corrected chi connectivity index (χ0v) is 19.1. The smallest absolute Gasteiger partial charge is 0.344 e. The highest BCUT2D eigenvalue weighted by molar-refractivity contribution is 6.30. The van der Waals surface area contributed by atoms with Crippen LogP contribution in [0.15, 0.2) is 121 Å². The molecule has 4 aromatic carbocycles. The van der Waals surface area contributed by atoms with E-state index in [0.29, 0.717) is 38.8 Å². The summed E-state index contributed by atoms with van der Waals surface area (Å²) >= 11 is 5.98. The third-order valence-corrected chi connectivity index (χ3v) is 5.51. The van der Waals surface area contributed by atoms with Crippen LogP contribution in [0.3, 0.4) is 0 Å². The Morgan fingerprint density at radius 1 is 0.771 bits per heavy atom. The van der Waals surface area contributed by atoms with Gasteiger partial charge in [0.25, 0.3) is 0 Å². The zero-order valence-electron chi connectivity index (χ0n) is 18.3. The Morgan fingerprint density at radius 3 is 2.31 bits per heavy atom. The van der Waals surface area contributed by atoms with Crippen LogP contribution in [0.4, 0.5) is 17.1 Å². The van der Waals surface area contributed by atoms with Gasteiger partial charge in [-0.05, 0) is 66.2 Å². The summed E-state index contributed by atoms with van der Waals surface area (Å²) in [6.45, 7) is 0. The van der Waals surface area contributed by atoms with Crippen LogP contribution in [0.2, 0.25) is 5.02 Å². The average Bonchev–Trinajstić information content (AvgIpc) is 2.87. The molecule has 0 atom stereocenters. The Hall–Kier alpha value is -4.55. The second kappa shape index (κ2) is 9.75. The topological polar surface area (TPSA) is 87.5 Å². The number of hydrogen-bond acceptors (Lipinski definition) is 6. The van der Waals surface area contributed by atoms with E-state index in [1.165, 1.54) is 6.07 Å². The van der Waals surface area contributed by atoms with Crippen molar-refractivity contribution in [3.8, 4) is 16.9 Å². The average molecular weight is 480 g/mol. The van der Waals surface area contributed by atoms with E-state index >= 15 is 0 Å². The number of benzene rings is 4.